The summed E-state index contributed by atoms with van der Waals surface area (Å²) in [6.07, 6.45) is 11.6. The van der Waals surface area contributed by atoms with E-state index in [1.165, 1.54) is 31.3 Å². The first-order valence-corrected chi connectivity index (χ1v) is 6.95. The summed E-state index contributed by atoms with van der Waals surface area (Å²) in [5.74, 6) is 0.805. The Morgan fingerprint density at radius 1 is 1.25 bits per heavy atom. The molecule has 1 heteroatoms. The van der Waals surface area contributed by atoms with E-state index < -0.39 is 0 Å². The molecule has 90 valence electrons. The van der Waals surface area contributed by atoms with Crippen molar-refractivity contribution >= 4 is 5.78 Å². The molecule has 0 aromatic rings. The number of rotatable bonds is 3. The minimum absolute atomic E-state index is 0.280. The highest BCUT2D eigenvalue weighted by atomic mass is 16.1. The van der Waals surface area contributed by atoms with Gasteiger partial charge in [0, 0.05) is 12.3 Å². The van der Waals surface area contributed by atoms with Crippen LogP contribution < -0.4 is 0 Å². The van der Waals surface area contributed by atoms with Gasteiger partial charge < -0.3 is 0 Å². The molecule has 1 atom stereocenters. The second-order valence-electron chi connectivity index (χ2n) is 5.49. The van der Waals surface area contributed by atoms with Gasteiger partial charge in [-0.2, -0.15) is 0 Å². The fourth-order valence-corrected chi connectivity index (χ4v) is 3.74. The Morgan fingerprint density at radius 2 is 2.00 bits per heavy atom. The topological polar surface area (TPSA) is 17.1 Å². The van der Waals surface area contributed by atoms with Gasteiger partial charge in [-0.3, -0.25) is 4.79 Å². The van der Waals surface area contributed by atoms with E-state index in [1.807, 2.05) is 0 Å². The molecule has 0 spiro atoms. The van der Waals surface area contributed by atoms with E-state index >= 15 is 0 Å². The van der Waals surface area contributed by atoms with Crippen LogP contribution in [0.5, 0.6) is 0 Å². The molecule has 0 radical (unpaired) electrons. The van der Waals surface area contributed by atoms with Crippen LogP contribution in [-0.4, -0.2) is 5.78 Å². The van der Waals surface area contributed by atoms with Crippen LogP contribution in [0.1, 0.15) is 65.2 Å². The van der Waals surface area contributed by atoms with E-state index in [4.69, 9.17) is 0 Å². The first-order chi connectivity index (χ1) is 7.73. The number of Topliss-reactive ketones (excluding diaryl/α,β-unsaturated/α-hetero) is 1. The second kappa shape index (κ2) is 4.73. The number of hydrogen-bond acceptors (Lipinski definition) is 1. The highest BCUT2D eigenvalue weighted by molar-refractivity contribution is 5.87. The van der Waals surface area contributed by atoms with Crippen molar-refractivity contribution in [2.24, 2.45) is 11.3 Å². The van der Waals surface area contributed by atoms with Crippen LogP contribution in [0.4, 0.5) is 0 Å². The molecule has 1 saturated carbocycles. The SMILES string of the molecule is CCC1(CC)CCC(=O)C1C1=CCCCC1. The van der Waals surface area contributed by atoms with E-state index in [-0.39, 0.29) is 5.92 Å². The molecule has 1 fully saturated rings. The van der Waals surface area contributed by atoms with Crippen LogP contribution in [0.3, 0.4) is 0 Å². The maximum Gasteiger partial charge on any atom is 0.140 e. The van der Waals surface area contributed by atoms with Gasteiger partial charge in [-0.05, 0) is 50.4 Å². The third-order valence-electron chi connectivity index (χ3n) is 4.91. The molecule has 2 aliphatic rings. The summed E-state index contributed by atoms with van der Waals surface area (Å²) in [7, 11) is 0. The van der Waals surface area contributed by atoms with Crippen LogP contribution in [0, 0.1) is 11.3 Å². The van der Waals surface area contributed by atoms with Gasteiger partial charge in [0.05, 0.1) is 0 Å². The minimum Gasteiger partial charge on any atom is -0.299 e. The fraction of sp³-hybridized carbons (Fsp3) is 0.800. The molecule has 0 aliphatic heterocycles. The average Bonchev–Trinajstić information content (AvgIpc) is 2.68. The smallest absolute Gasteiger partial charge is 0.140 e. The van der Waals surface area contributed by atoms with E-state index in [0.29, 0.717) is 11.2 Å². The number of carbonyl (C=O) groups excluding carboxylic acids is 1. The Balaban J connectivity index is 2.27. The molecule has 0 amide bonds. The summed E-state index contributed by atoms with van der Waals surface area (Å²) in [5.41, 5.74) is 1.79. The molecule has 2 aliphatic carbocycles. The zero-order valence-electron chi connectivity index (χ0n) is 10.7. The minimum atomic E-state index is 0.280. The molecule has 1 unspecified atom stereocenters. The number of ketones is 1. The maximum absolute atomic E-state index is 12.2. The third kappa shape index (κ3) is 1.85. The summed E-state index contributed by atoms with van der Waals surface area (Å²) in [6, 6.07) is 0. The average molecular weight is 220 g/mol. The highest BCUT2D eigenvalue weighted by Gasteiger charge is 2.46. The Bertz CT molecular complexity index is 297. The van der Waals surface area contributed by atoms with E-state index in [9.17, 15) is 4.79 Å². The van der Waals surface area contributed by atoms with Crippen LogP contribution in [0.2, 0.25) is 0 Å². The lowest BCUT2D eigenvalue weighted by Crippen LogP contribution is -2.29. The zero-order chi connectivity index (χ0) is 11.6. The van der Waals surface area contributed by atoms with Crippen molar-refractivity contribution in [1.29, 1.82) is 0 Å². The summed E-state index contributed by atoms with van der Waals surface area (Å²) in [6.45, 7) is 4.52. The van der Waals surface area contributed by atoms with Crippen molar-refractivity contribution in [3.8, 4) is 0 Å². The van der Waals surface area contributed by atoms with Gasteiger partial charge in [-0.15, -0.1) is 0 Å². The first kappa shape index (κ1) is 11.9. The maximum atomic E-state index is 12.2. The molecule has 0 aromatic carbocycles. The van der Waals surface area contributed by atoms with Crippen molar-refractivity contribution in [3.05, 3.63) is 11.6 Å². The highest BCUT2D eigenvalue weighted by Crippen LogP contribution is 2.51. The molecule has 0 N–H and O–H groups in total. The molecule has 16 heavy (non-hydrogen) atoms. The van der Waals surface area contributed by atoms with Gasteiger partial charge >= 0.3 is 0 Å². The van der Waals surface area contributed by atoms with E-state index in [1.54, 1.807) is 0 Å². The van der Waals surface area contributed by atoms with Crippen LogP contribution in [0.15, 0.2) is 11.6 Å². The monoisotopic (exact) mass is 220 g/mol. The Kier molecular flexibility index (Phi) is 3.51. The summed E-state index contributed by atoms with van der Waals surface area (Å²) < 4.78 is 0. The van der Waals surface area contributed by atoms with E-state index in [0.717, 1.165) is 25.7 Å². The Morgan fingerprint density at radius 3 is 2.56 bits per heavy atom. The predicted octanol–water partition coefficient (Wildman–Crippen LogP) is 4.27. The number of carbonyl (C=O) groups is 1. The first-order valence-electron chi connectivity index (χ1n) is 6.95. The van der Waals surface area contributed by atoms with Gasteiger partial charge in [0.1, 0.15) is 5.78 Å². The van der Waals surface area contributed by atoms with Gasteiger partial charge in [0.2, 0.25) is 0 Å². The predicted molar refractivity (Wildman–Crippen MR) is 67.3 cm³/mol. The molecule has 2 rings (SSSR count). The normalized spacial score (nSPS) is 29.2. The molecule has 0 bridgehead atoms. The lowest BCUT2D eigenvalue weighted by Gasteiger charge is -2.35. The van der Waals surface area contributed by atoms with Crippen molar-refractivity contribution in [1.82, 2.24) is 0 Å². The zero-order valence-corrected chi connectivity index (χ0v) is 10.7. The lowest BCUT2D eigenvalue weighted by molar-refractivity contribution is -0.121. The van der Waals surface area contributed by atoms with Crippen LogP contribution >= 0.6 is 0 Å². The Hall–Kier alpha value is -0.590. The number of hydrogen-bond donors (Lipinski definition) is 0. The third-order valence-corrected chi connectivity index (χ3v) is 4.91. The molecule has 1 nitrogen and oxygen atoms in total. The van der Waals surface area contributed by atoms with E-state index in [2.05, 4.69) is 19.9 Å². The van der Waals surface area contributed by atoms with Gasteiger partial charge in [0.25, 0.3) is 0 Å². The molecule has 0 heterocycles. The quantitative estimate of drug-likeness (QED) is 0.649. The standard InChI is InChI=1S/C15H24O/c1-3-15(4-2)11-10-13(16)14(15)12-8-6-5-7-9-12/h8,14H,3-7,9-11H2,1-2H3. The second-order valence-corrected chi connectivity index (χ2v) is 5.49. The van der Waals surface area contributed by atoms with Crippen LogP contribution in [-0.2, 0) is 4.79 Å². The summed E-state index contributed by atoms with van der Waals surface area (Å²) >= 11 is 0. The van der Waals surface area contributed by atoms with Crippen molar-refractivity contribution in [2.45, 2.75) is 65.2 Å². The molecular weight excluding hydrogens is 196 g/mol. The van der Waals surface area contributed by atoms with Crippen molar-refractivity contribution in [3.63, 3.8) is 0 Å². The van der Waals surface area contributed by atoms with Gasteiger partial charge in [-0.1, -0.05) is 25.5 Å². The summed E-state index contributed by atoms with van der Waals surface area (Å²) in [5, 5.41) is 0. The molecule has 0 aromatic heterocycles. The van der Waals surface area contributed by atoms with Crippen molar-refractivity contribution in [2.75, 3.05) is 0 Å². The summed E-state index contributed by atoms with van der Waals surface area (Å²) in [4.78, 5) is 12.2. The molecule has 0 saturated heterocycles. The molecular formula is C15H24O. The van der Waals surface area contributed by atoms with Gasteiger partial charge in [-0.25, -0.2) is 0 Å². The lowest BCUT2D eigenvalue weighted by atomic mass is 9.68. The van der Waals surface area contributed by atoms with Crippen LogP contribution in [0.25, 0.3) is 0 Å². The van der Waals surface area contributed by atoms with Gasteiger partial charge in [0.15, 0.2) is 0 Å². The van der Waals surface area contributed by atoms with Crippen molar-refractivity contribution < 1.29 is 4.79 Å². The fourth-order valence-electron chi connectivity index (χ4n) is 3.74. The Labute approximate surface area is 99.3 Å². The number of allylic oxidation sites excluding steroid dienone is 2. The largest absolute Gasteiger partial charge is 0.299 e.